The van der Waals surface area contributed by atoms with Crippen molar-refractivity contribution in [1.29, 1.82) is 0 Å². The van der Waals surface area contributed by atoms with E-state index in [1.807, 2.05) is 0 Å². The van der Waals surface area contributed by atoms with E-state index in [2.05, 4.69) is 0 Å². The minimum Gasteiger partial charge on any atom is -0.456 e. The lowest BCUT2D eigenvalue weighted by molar-refractivity contribution is -0.236. The number of cyclic esters (lactones) is 1. The van der Waals surface area contributed by atoms with Gasteiger partial charge in [0.05, 0.1) is 11.3 Å². The normalized spacial score (nSPS) is 26.9. The van der Waals surface area contributed by atoms with Crippen LogP contribution in [0.5, 0.6) is 0 Å². The van der Waals surface area contributed by atoms with Gasteiger partial charge in [-0.2, -0.15) is 13.2 Å². The van der Waals surface area contributed by atoms with Crippen molar-refractivity contribution in [1.82, 2.24) is 0 Å². The fraction of sp³-hybridized carbons (Fsp3) is 0.500. The molecule has 1 saturated heterocycles. The van der Waals surface area contributed by atoms with Gasteiger partial charge in [0.1, 0.15) is 6.10 Å². The van der Waals surface area contributed by atoms with Crippen molar-refractivity contribution in [3.63, 3.8) is 0 Å². The minimum atomic E-state index is -4.39. The third-order valence-electron chi connectivity index (χ3n) is 3.43. The quantitative estimate of drug-likeness (QED) is 0.725. The SMILES string of the molecule is CC1(C)C[C@@H](C(F)(F)F)[C@H](c2ccccc2)OC1=O. The van der Waals surface area contributed by atoms with Crippen LogP contribution in [0, 0.1) is 11.3 Å². The summed E-state index contributed by atoms with van der Waals surface area (Å²) in [6.07, 6.45) is -5.89. The van der Waals surface area contributed by atoms with E-state index in [0.29, 0.717) is 5.56 Å². The van der Waals surface area contributed by atoms with Crippen LogP contribution in [0.15, 0.2) is 30.3 Å². The van der Waals surface area contributed by atoms with E-state index in [0.717, 1.165) is 0 Å². The number of benzene rings is 1. The van der Waals surface area contributed by atoms with Gasteiger partial charge in [0.2, 0.25) is 0 Å². The molecule has 0 radical (unpaired) electrons. The fourth-order valence-corrected chi connectivity index (χ4v) is 2.33. The molecule has 0 amide bonds. The molecule has 1 aromatic rings. The highest BCUT2D eigenvalue weighted by Gasteiger charge is 2.54. The number of hydrogen-bond donors (Lipinski definition) is 0. The summed E-state index contributed by atoms with van der Waals surface area (Å²) in [6.45, 7) is 2.96. The van der Waals surface area contributed by atoms with Crippen LogP contribution in [0.3, 0.4) is 0 Å². The molecule has 0 N–H and O–H groups in total. The number of carbonyl (C=O) groups is 1. The molecule has 0 aromatic heterocycles. The highest BCUT2D eigenvalue weighted by molar-refractivity contribution is 5.77. The van der Waals surface area contributed by atoms with Crippen molar-refractivity contribution in [2.45, 2.75) is 32.5 Å². The number of carbonyl (C=O) groups excluding carboxylic acids is 1. The van der Waals surface area contributed by atoms with Crippen molar-refractivity contribution in [3.8, 4) is 0 Å². The van der Waals surface area contributed by atoms with Gasteiger partial charge < -0.3 is 4.74 Å². The summed E-state index contributed by atoms with van der Waals surface area (Å²) in [6, 6.07) is 8.08. The Kier molecular flexibility index (Phi) is 3.32. The van der Waals surface area contributed by atoms with Gasteiger partial charge in [-0.3, -0.25) is 4.79 Å². The van der Waals surface area contributed by atoms with E-state index in [1.165, 1.54) is 13.8 Å². The molecule has 0 unspecified atom stereocenters. The Labute approximate surface area is 109 Å². The largest absolute Gasteiger partial charge is 0.456 e. The van der Waals surface area contributed by atoms with Crippen molar-refractivity contribution >= 4 is 5.97 Å². The lowest BCUT2D eigenvalue weighted by Crippen LogP contribution is -2.44. The first-order chi connectivity index (χ1) is 8.72. The van der Waals surface area contributed by atoms with Gasteiger partial charge in [-0.05, 0) is 25.8 Å². The molecule has 0 saturated carbocycles. The maximum atomic E-state index is 13.2. The summed E-state index contributed by atoms with van der Waals surface area (Å²) in [4.78, 5) is 11.8. The van der Waals surface area contributed by atoms with Crippen LogP contribution in [-0.2, 0) is 9.53 Å². The Balaban J connectivity index is 2.38. The molecular formula is C14H15F3O2. The van der Waals surface area contributed by atoms with Gasteiger partial charge in [-0.25, -0.2) is 0 Å². The van der Waals surface area contributed by atoms with Crippen LogP contribution in [0.2, 0.25) is 0 Å². The van der Waals surface area contributed by atoms with Crippen LogP contribution >= 0.6 is 0 Å². The van der Waals surface area contributed by atoms with Gasteiger partial charge in [-0.15, -0.1) is 0 Å². The summed E-state index contributed by atoms with van der Waals surface area (Å²) in [5, 5.41) is 0. The number of ether oxygens (including phenoxy) is 1. The predicted molar refractivity (Wildman–Crippen MR) is 63.2 cm³/mol. The molecule has 0 spiro atoms. The summed E-state index contributed by atoms with van der Waals surface area (Å²) in [5.41, 5.74) is -0.723. The Bertz CT molecular complexity index is 465. The van der Waals surface area contributed by atoms with E-state index >= 15 is 0 Å². The number of esters is 1. The first-order valence-corrected chi connectivity index (χ1v) is 6.04. The molecule has 1 aliphatic heterocycles. The lowest BCUT2D eigenvalue weighted by atomic mass is 9.76. The molecule has 2 rings (SSSR count). The second-order valence-corrected chi connectivity index (χ2v) is 5.47. The molecule has 2 nitrogen and oxygen atoms in total. The number of alkyl halides is 3. The number of hydrogen-bond acceptors (Lipinski definition) is 2. The average Bonchev–Trinajstić information content (AvgIpc) is 2.32. The topological polar surface area (TPSA) is 26.3 Å². The highest BCUT2D eigenvalue weighted by atomic mass is 19.4. The van der Waals surface area contributed by atoms with E-state index in [4.69, 9.17) is 4.74 Å². The van der Waals surface area contributed by atoms with Gasteiger partial charge in [0.15, 0.2) is 0 Å². The first kappa shape index (κ1) is 13.9. The number of rotatable bonds is 1. The van der Waals surface area contributed by atoms with Gasteiger partial charge in [0, 0.05) is 0 Å². The number of halogens is 3. The molecule has 0 aliphatic carbocycles. The summed E-state index contributed by atoms with van der Waals surface area (Å²) < 4.78 is 44.5. The van der Waals surface area contributed by atoms with E-state index in [1.54, 1.807) is 30.3 Å². The van der Waals surface area contributed by atoms with Crippen LogP contribution in [-0.4, -0.2) is 12.1 Å². The molecule has 1 aromatic carbocycles. The van der Waals surface area contributed by atoms with E-state index in [-0.39, 0.29) is 6.42 Å². The molecule has 104 valence electrons. The maximum Gasteiger partial charge on any atom is 0.395 e. The second-order valence-electron chi connectivity index (χ2n) is 5.47. The van der Waals surface area contributed by atoms with Crippen molar-refractivity contribution < 1.29 is 22.7 Å². The summed E-state index contributed by atoms with van der Waals surface area (Å²) in [7, 11) is 0. The Morgan fingerprint density at radius 2 is 1.79 bits per heavy atom. The van der Waals surface area contributed by atoms with Gasteiger partial charge in [-0.1, -0.05) is 30.3 Å². The zero-order valence-corrected chi connectivity index (χ0v) is 10.7. The molecular weight excluding hydrogens is 257 g/mol. The zero-order valence-electron chi connectivity index (χ0n) is 10.7. The van der Waals surface area contributed by atoms with Crippen molar-refractivity contribution in [2.24, 2.45) is 11.3 Å². The van der Waals surface area contributed by atoms with Crippen LogP contribution in [0.1, 0.15) is 31.9 Å². The minimum absolute atomic E-state index is 0.255. The molecule has 19 heavy (non-hydrogen) atoms. The third-order valence-corrected chi connectivity index (χ3v) is 3.43. The summed E-state index contributed by atoms with van der Waals surface area (Å²) in [5.74, 6) is -2.25. The van der Waals surface area contributed by atoms with E-state index in [9.17, 15) is 18.0 Å². The maximum absolute atomic E-state index is 13.2. The highest BCUT2D eigenvalue weighted by Crippen LogP contribution is 2.49. The molecule has 5 heteroatoms. The lowest BCUT2D eigenvalue weighted by Gasteiger charge is -2.40. The van der Waals surface area contributed by atoms with Crippen LogP contribution in [0.25, 0.3) is 0 Å². The smallest absolute Gasteiger partial charge is 0.395 e. The Hall–Kier alpha value is -1.52. The predicted octanol–water partition coefficient (Wildman–Crippen LogP) is 3.88. The van der Waals surface area contributed by atoms with Gasteiger partial charge >= 0.3 is 12.1 Å². The second kappa shape index (κ2) is 4.54. The molecule has 1 fully saturated rings. The Morgan fingerprint density at radius 1 is 1.21 bits per heavy atom. The average molecular weight is 272 g/mol. The fourth-order valence-electron chi connectivity index (χ4n) is 2.33. The van der Waals surface area contributed by atoms with Crippen molar-refractivity contribution in [3.05, 3.63) is 35.9 Å². The van der Waals surface area contributed by atoms with E-state index < -0.39 is 29.6 Å². The molecule has 0 bridgehead atoms. The van der Waals surface area contributed by atoms with Crippen molar-refractivity contribution in [2.75, 3.05) is 0 Å². The zero-order chi connectivity index (χ0) is 14.3. The molecule has 1 heterocycles. The van der Waals surface area contributed by atoms with Crippen LogP contribution < -0.4 is 0 Å². The summed E-state index contributed by atoms with van der Waals surface area (Å²) >= 11 is 0. The van der Waals surface area contributed by atoms with Gasteiger partial charge in [0.25, 0.3) is 0 Å². The monoisotopic (exact) mass is 272 g/mol. The van der Waals surface area contributed by atoms with Crippen LogP contribution in [0.4, 0.5) is 13.2 Å². The third kappa shape index (κ3) is 2.74. The first-order valence-electron chi connectivity index (χ1n) is 6.04. The molecule has 2 atom stereocenters. The standard InChI is InChI=1S/C14H15F3O2/c1-13(2)8-10(14(15,16)17)11(19-12(13)18)9-6-4-3-5-7-9/h3-7,10-11H,8H2,1-2H3/t10-,11+/m1/s1. The Morgan fingerprint density at radius 3 is 2.32 bits per heavy atom. The molecule has 1 aliphatic rings.